The van der Waals surface area contributed by atoms with Gasteiger partial charge >= 0.3 is 0 Å². The van der Waals surface area contributed by atoms with Gasteiger partial charge in [-0.05, 0) is 24.8 Å². The van der Waals surface area contributed by atoms with Crippen LogP contribution in [-0.2, 0) is 10.0 Å². The number of aromatic nitrogens is 1. The molecule has 1 saturated heterocycles. The van der Waals surface area contributed by atoms with Crippen molar-refractivity contribution >= 4 is 15.8 Å². The maximum Gasteiger partial charge on any atom is 0.211 e. The van der Waals surface area contributed by atoms with Gasteiger partial charge in [0.05, 0.1) is 25.1 Å². The van der Waals surface area contributed by atoms with E-state index >= 15 is 0 Å². The van der Waals surface area contributed by atoms with Crippen LogP contribution >= 0.6 is 0 Å². The maximum absolute atomic E-state index is 12.4. The van der Waals surface area contributed by atoms with Crippen LogP contribution in [0.25, 0.3) is 0 Å². The summed E-state index contributed by atoms with van der Waals surface area (Å²) in [5, 5.41) is 0. The van der Waals surface area contributed by atoms with Gasteiger partial charge in [0.2, 0.25) is 10.0 Å². The van der Waals surface area contributed by atoms with Crippen LogP contribution < -0.4 is 4.74 Å². The Morgan fingerprint density at radius 3 is 2.95 bits per heavy atom. The van der Waals surface area contributed by atoms with Gasteiger partial charge in [-0.25, -0.2) is 12.7 Å². The second-order valence-corrected chi connectivity index (χ2v) is 7.31. The number of nitrogens with zero attached hydrogens (tertiary/aromatic N) is 2. The number of hydrogen-bond donors (Lipinski definition) is 0. The normalized spacial score (nSPS) is 20.2. The zero-order valence-electron chi connectivity index (χ0n) is 12.3. The van der Waals surface area contributed by atoms with E-state index in [0.717, 1.165) is 12.8 Å². The predicted molar refractivity (Wildman–Crippen MR) is 78.9 cm³/mol. The maximum atomic E-state index is 12.4. The van der Waals surface area contributed by atoms with E-state index in [9.17, 15) is 13.2 Å². The highest BCUT2D eigenvalue weighted by Gasteiger charge is 2.28. The monoisotopic (exact) mass is 312 g/mol. The van der Waals surface area contributed by atoms with Gasteiger partial charge in [-0.15, -0.1) is 0 Å². The van der Waals surface area contributed by atoms with Crippen LogP contribution in [0.3, 0.4) is 0 Å². The van der Waals surface area contributed by atoms with Crippen molar-refractivity contribution in [2.24, 2.45) is 5.92 Å². The van der Waals surface area contributed by atoms with Gasteiger partial charge in [0.25, 0.3) is 0 Å². The molecule has 2 heterocycles. The van der Waals surface area contributed by atoms with Gasteiger partial charge in [-0.2, -0.15) is 0 Å². The molecule has 1 fully saturated rings. The van der Waals surface area contributed by atoms with E-state index in [1.54, 1.807) is 12.3 Å². The van der Waals surface area contributed by atoms with Crippen molar-refractivity contribution in [1.29, 1.82) is 0 Å². The van der Waals surface area contributed by atoms with E-state index in [1.807, 2.05) is 0 Å². The van der Waals surface area contributed by atoms with Gasteiger partial charge < -0.3 is 4.74 Å². The number of Topliss-reactive ketones (excluding diaryl/α,β-unsaturated/α-hetero) is 1. The summed E-state index contributed by atoms with van der Waals surface area (Å²) in [5.74, 6) is 0.478. The third kappa shape index (κ3) is 4.01. The first-order valence-corrected chi connectivity index (χ1v) is 8.73. The molecule has 1 aromatic heterocycles. The summed E-state index contributed by atoms with van der Waals surface area (Å²) in [5.41, 5.74) is 0.504. The highest BCUT2D eigenvalue weighted by atomic mass is 32.2. The van der Waals surface area contributed by atoms with Gasteiger partial charge in [0.1, 0.15) is 5.75 Å². The third-order valence-corrected chi connectivity index (χ3v) is 5.00. The first-order chi connectivity index (χ1) is 9.91. The highest BCUT2D eigenvalue weighted by Crippen LogP contribution is 2.25. The Morgan fingerprint density at radius 2 is 2.29 bits per heavy atom. The molecule has 2 rings (SSSR count). The number of pyridine rings is 1. The molecular weight excluding hydrogens is 292 g/mol. The zero-order valence-corrected chi connectivity index (χ0v) is 13.1. The molecule has 0 saturated carbocycles. The highest BCUT2D eigenvalue weighted by molar-refractivity contribution is 7.88. The minimum Gasteiger partial charge on any atom is -0.494 e. The lowest BCUT2D eigenvalue weighted by Gasteiger charge is -2.30. The van der Waals surface area contributed by atoms with E-state index < -0.39 is 10.0 Å². The molecule has 1 unspecified atom stereocenters. The second-order valence-electron chi connectivity index (χ2n) is 5.33. The van der Waals surface area contributed by atoms with E-state index in [-0.39, 0.29) is 11.7 Å². The summed E-state index contributed by atoms with van der Waals surface area (Å²) >= 11 is 0. The van der Waals surface area contributed by atoms with Gasteiger partial charge in [-0.3, -0.25) is 9.78 Å². The van der Waals surface area contributed by atoms with Gasteiger partial charge in [-0.1, -0.05) is 0 Å². The van der Waals surface area contributed by atoms with Crippen molar-refractivity contribution < 1.29 is 17.9 Å². The van der Waals surface area contributed by atoms with Crippen LogP contribution in [-0.4, -0.2) is 49.9 Å². The molecule has 0 N–H and O–H groups in total. The third-order valence-electron chi connectivity index (χ3n) is 3.73. The fourth-order valence-corrected chi connectivity index (χ4v) is 3.58. The van der Waals surface area contributed by atoms with E-state index in [1.165, 1.54) is 23.9 Å². The molecule has 21 heavy (non-hydrogen) atoms. The molecular formula is C14H20N2O4S. The van der Waals surface area contributed by atoms with Gasteiger partial charge in [0, 0.05) is 25.7 Å². The van der Waals surface area contributed by atoms with Crippen molar-refractivity contribution in [2.75, 3.05) is 26.5 Å². The van der Waals surface area contributed by atoms with Crippen LogP contribution in [0.4, 0.5) is 0 Å². The van der Waals surface area contributed by atoms with E-state index in [2.05, 4.69) is 4.98 Å². The SMILES string of the molecule is COc1cnccc1C(=O)CC1CCCN(S(C)(=O)=O)C1. The number of ether oxygens (including phenoxy) is 1. The Bertz CT molecular complexity index is 615. The minimum absolute atomic E-state index is 0.0328. The van der Waals surface area contributed by atoms with Gasteiger partial charge in [0.15, 0.2) is 5.78 Å². The lowest BCUT2D eigenvalue weighted by atomic mass is 9.92. The van der Waals surface area contributed by atoms with Crippen LogP contribution in [0.15, 0.2) is 18.5 Å². The topological polar surface area (TPSA) is 76.6 Å². The molecule has 1 aliphatic heterocycles. The summed E-state index contributed by atoms with van der Waals surface area (Å²) in [6.45, 7) is 0.958. The molecule has 6 nitrogen and oxygen atoms in total. The number of methoxy groups -OCH3 is 1. The molecule has 0 bridgehead atoms. The smallest absolute Gasteiger partial charge is 0.211 e. The number of carbonyl (C=O) groups excluding carboxylic acids is 1. The number of ketones is 1. The molecule has 0 radical (unpaired) electrons. The summed E-state index contributed by atoms with van der Waals surface area (Å²) < 4.78 is 29.8. The summed E-state index contributed by atoms with van der Waals surface area (Å²) in [6, 6.07) is 1.64. The number of rotatable bonds is 5. The first kappa shape index (κ1) is 15.9. The minimum atomic E-state index is -3.18. The van der Waals surface area contributed by atoms with Crippen molar-refractivity contribution in [3.05, 3.63) is 24.0 Å². The van der Waals surface area contributed by atoms with Crippen LogP contribution in [0.5, 0.6) is 5.75 Å². The molecule has 116 valence electrons. The predicted octanol–water partition coefficient (Wildman–Crippen LogP) is 1.33. The summed E-state index contributed by atoms with van der Waals surface area (Å²) in [7, 11) is -1.68. The van der Waals surface area contributed by atoms with Crippen LogP contribution in [0.2, 0.25) is 0 Å². The number of carbonyl (C=O) groups is 1. The Hall–Kier alpha value is -1.47. The molecule has 1 aromatic rings. The molecule has 1 atom stereocenters. The average molecular weight is 312 g/mol. The summed E-state index contributed by atoms with van der Waals surface area (Å²) in [6.07, 6.45) is 6.26. The molecule has 0 spiro atoms. The molecule has 0 amide bonds. The lowest BCUT2D eigenvalue weighted by molar-refractivity contribution is 0.0939. The second kappa shape index (κ2) is 6.53. The van der Waals surface area contributed by atoms with E-state index in [0.29, 0.717) is 30.8 Å². The molecule has 0 aromatic carbocycles. The molecule has 7 heteroatoms. The van der Waals surface area contributed by atoms with Crippen LogP contribution in [0.1, 0.15) is 29.6 Å². The van der Waals surface area contributed by atoms with Crippen molar-refractivity contribution in [3.8, 4) is 5.75 Å². The van der Waals surface area contributed by atoms with Crippen molar-refractivity contribution in [3.63, 3.8) is 0 Å². The number of sulfonamides is 1. The number of piperidine rings is 1. The Kier molecular flexibility index (Phi) is 4.95. The molecule has 0 aliphatic carbocycles. The zero-order chi connectivity index (χ0) is 15.5. The average Bonchev–Trinajstić information content (AvgIpc) is 2.46. The first-order valence-electron chi connectivity index (χ1n) is 6.88. The van der Waals surface area contributed by atoms with Crippen LogP contribution in [0, 0.1) is 5.92 Å². The quantitative estimate of drug-likeness (QED) is 0.767. The Labute approximate surface area is 125 Å². The standard InChI is InChI=1S/C14H20N2O4S/c1-20-14-9-15-6-5-12(14)13(17)8-11-4-3-7-16(10-11)21(2,18)19/h5-6,9,11H,3-4,7-8,10H2,1-2H3. The fourth-order valence-electron chi connectivity index (χ4n) is 2.64. The largest absolute Gasteiger partial charge is 0.494 e. The van der Waals surface area contributed by atoms with Crippen molar-refractivity contribution in [1.82, 2.24) is 9.29 Å². The number of hydrogen-bond acceptors (Lipinski definition) is 5. The fraction of sp³-hybridized carbons (Fsp3) is 0.571. The summed E-state index contributed by atoms with van der Waals surface area (Å²) in [4.78, 5) is 16.3. The molecule has 1 aliphatic rings. The van der Waals surface area contributed by atoms with Crippen molar-refractivity contribution in [2.45, 2.75) is 19.3 Å². The Morgan fingerprint density at radius 1 is 1.52 bits per heavy atom. The lowest BCUT2D eigenvalue weighted by Crippen LogP contribution is -2.39. The Balaban J connectivity index is 2.06. The van der Waals surface area contributed by atoms with E-state index in [4.69, 9.17) is 4.74 Å².